The highest BCUT2D eigenvalue weighted by atomic mass is 16.9. The van der Waals surface area contributed by atoms with Crippen LogP contribution in [0.4, 0.5) is 0 Å². The average molecular weight is 847 g/mol. The first kappa shape index (κ1) is 42.6. The first-order valence-electron chi connectivity index (χ1n) is 23.5. The zero-order valence-electron chi connectivity index (χ0n) is 38.1. The summed E-state index contributed by atoms with van der Waals surface area (Å²) in [5, 5.41) is 4.25. The van der Waals surface area contributed by atoms with Crippen molar-refractivity contribution < 1.29 is 23.6 Å². The van der Waals surface area contributed by atoms with Crippen molar-refractivity contribution in [3.8, 4) is 44.9 Å². The molecule has 4 heterocycles. The number of benzene rings is 6. The fourth-order valence-corrected chi connectivity index (χ4v) is 9.62. The van der Waals surface area contributed by atoms with Gasteiger partial charge in [-0.2, -0.15) is 0 Å². The molecule has 64 heavy (non-hydrogen) atoms. The summed E-state index contributed by atoms with van der Waals surface area (Å²) in [6.45, 7) is 10.1. The Balaban J connectivity index is 0.000000810. The third-order valence-electron chi connectivity index (χ3n) is 12.8. The fraction of sp³-hybridized carbons (Fsp3) is 0.246. The molecule has 6 aromatic carbocycles. The van der Waals surface area contributed by atoms with Crippen LogP contribution in [0.2, 0.25) is 0 Å². The maximum absolute atomic E-state index is 7.52. The molecule has 6 nitrogen and oxygen atoms in total. The van der Waals surface area contributed by atoms with E-state index in [4.69, 9.17) is 18.6 Å². The van der Waals surface area contributed by atoms with Crippen LogP contribution in [0.3, 0.4) is 0 Å². The van der Waals surface area contributed by atoms with Crippen LogP contribution in [-0.4, -0.2) is 18.2 Å². The monoisotopic (exact) mass is 846 g/mol. The van der Waals surface area contributed by atoms with Crippen molar-refractivity contribution in [2.24, 2.45) is 0 Å². The molecule has 324 valence electrons. The molecule has 1 spiro atoms. The molecule has 2 N–H and O–H groups in total. The van der Waals surface area contributed by atoms with Crippen molar-refractivity contribution in [2.75, 3.05) is 0 Å². The number of aromatic amines is 1. The summed E-state index contributed by atoms with van der Waals surface area (Å²) < 4.78 is 29.5. The van der Waals surface area contributed by atoms with E-state index in [1.54, 1.807) is 0 Å². The van der Waals surface area contributed by atoms with Crippen LogP contribution in [-0.2, 0) is 22.2 Å². The van der Waals surface area contributed by atoms with Gasteiger partial charge in [-0.25, -0.2) is 4.99 Å². The topological polar surface area (TPSA) is 66.7 Å². The molecule has 7 heteroatoms. The molecule has 3 aliphatic rings. The highest BCUT2D eigenvalue weighted by Gasteiger charge is 2.51. The Kier molecular flexibility index (Phi) is 12.3. The Morgan fingerprint density at radius 2 is 1.11 bits per heavy atom. The lowest BCUT2D eigenvalue weighted by Crippen LogP contribution is -2.66. The lowest BCUT2D eigenvalue weighted by molar-refractivity contribution is -0.385. The van der Waals surface area contributed by atoms with Crippen LogP contribution < -0.4 is 14.3 Å². The minimum Gasteiger partial charge on any atom is -0.610 e. The van der Waals surface area contributed by atoms with Gasteiger partial charge in [0.1, 0.15) is 5.76 Å². The second-order valence-corrected chi connectivity index (χ2v) is 16.8. The van der Waals surface area contributed by atoms with Gasteiger partial charge in [0.25, 0.3) is 0 Å². The Morgan fingerprint density at radius 1 is 0.562 bits per heavy atom. The lowest BCUT2D eigenvalue weighted by Gasteiger charge is -2.44. The number of fused-ring (bicyclic) bond motifs is 7. The Bertz CT molecular complexity index is 2820. The predicted molar refractivity (Wildman–Crippen MR) is 266 cm³/mol. The predicted octanol–water partition coefficient (Wildman–Crippen LogP) is 13.8. The van der Waals surface area contributed by atoms with E-state index >= 15 is 0 Å². The molecule has 3 aliphatic heterocycles. The second kappa shape index (κ2) is 18.6. The smallest absolute Gasteiger partial charge is 0.610 e. The van der Waals surface area contributed by atoms with Crippen molar-refractivity contribution in [2.45, 2.75) is 92.9 Å². The quantitative estimate of drug-likeness (QED) is 0.106. The normalized spacial score (nSPS) is 15.9. The number of H-pyrrole nitrogens is 1. The SMILES string of the molecule is CCC1=C(CC)/C(=C2\C=C(c3[nH]cc(CC)c3CC)O[B-]3(O2)Oc2c(-c4ccccc4)cc4ccccc4c2-c2c(c(-c4ccccc4)cc4ccccc24)O3)[NH+]=C1.CCCCCC. The summed E-state index contributed by atoms with van der Waals surface area (Å²) in [5.74, 6) is 2.46. The van der Waals surface area contributed by atoms with Crippen LogP contribution in [0.15, 0.2) is 156 Å². The largest absolute Gasteiger partial charge is 0.777 e. The van der Waals surface area contributed by atoms with Crippen molar-refractivity contribution in [1.29, 1.82) is 0 Å². The molecule has 0 saturated heterocycles. The van der Waals surface area contributed by atoms with Crippen LogP contribution >= 0.6 is 0 Å². The van der Waals surface area contributed by atoms with Gasteiger partial charge in [-0.3, -0.25) is 0 Å². The van der Waals surface area contributed by atoms with E-state index in [1.807, 2.05) is 18.2 Å². The highest BCUT2D eigenvalue weighted by Crippen LogP contribution is 2.56. The number of nitrogens with one attached hydrogen (secondary N) is 2. The van der Waals surface area contributed by atoms with E-state index in [2.05, 4.69) is 173 Å². The number of hydrogen-bond donors (Lipinski definition) is 2. The van der Waals surface area contributed by atoms with Crippen LogP contribution in [0, 0.1) is 0 Å². The number of rotatable bonds is 10. The van der Waals surface area contributed by atoms with E-state index in [1.165, 1.54) is 48.0 Å². The summed E-state index contributed by atoms with van der Waals surface area (Å²) in [7, 11) is 0. The second-order valence-electron chi connectivity index (χ2n) is 16.8. The van der Waals surface area contributed by atoms with Crippen LogP contribution in [0.1, 0.15) is 96.9 Å². The summed E-state index contributed by atoms with van der Waals surface area (Å²) in [4.78, 5) is 7.18. The Morgan fingerprint density at radius 3 is 1.61 bits per heavy atom. The average Bonchev–Trinajstić information content (AvgIpc) is 3.94. The standard InChI is InChI=1S/C51H44BN2O4.C6H14/c1-5-32-30-53-48(38(32)7-3)44-29-45(49-39(8-4)33(6-2)31-54-49)56-52(55-44)57-50-42(34-19-11-9-12-20-34)27-36-23-15-17-25-40(36)46(50)47-41-26-18-16-24-37(41)28-43(51(47)58-52)35-21-13-10-14-22-35;1-3-5-6-4-2/h9-31,53H,5-8H2,1-4H3;3-6H2,1-2H3/q-1;/p+1/b49-45-;. The minimum absolute atomic E-state index is 0.599. The van der Waals surface area contributed by atoms with Gasteiger partial charge in [0, 0.05) is 45.7 Å². The van der Waals surface area contributed by atoms with Gasteiger partial charge in [0.2, 0.25) is 5.70 Å². The lowest BCUT2D eigenvalue weighted by atomic mass is 9.86. The number of unbranched alkanes of at least 4 members (excludes halogenated alkanes) is 3. The summed E-state index contributed by atoms with van der Waals surface area (Å²) >= 11 is 0. The first-order valence-corrected chi connectivity index (χ1v) is 23.5. The zero-order valence-corrected chi connectivity index (χ0v) is 38.1. The van der Waals surface area contributed by atoms with E-state index in [0.717, 1.165) is 92.0 Å². The summed E-state index contributed by atoms with van der Waals surface area (Å²) in [6.07, 6.45) is 15.1. The molecule has 0 aliphatic carbocycles. The minimum atomic E-state index is -3.11. The molecule has 0 atom stereocenters. The van der Waals surface area contributed by atoms with Gasteiger partial charge < -0.3 is 23.6 Å². The van der Waals surface area contributed by atoms with E-state index in [9.17, 15) is 0 Å². The van der Waals surface area contributed by atoms with E-state index in [0.29, 0.717) is 23.0 Å². The Hall–Kier alpha value is -6.73. The van der Waals surface area contributed by atoms with Crippen molar-refractivity contribution in [3.63, 3.8) is 0 Å². The maximum Gasteiger partial charge on any atom is 0.777 e. The third-order valence-corrected chi connectivity index (χ3v) is 12.8. The molecule has 0 unspecified atom stereocenters. The van der Waals surface area contributed by atoms with Gasteiger partial charge in [0.05, 0.1) is 17.2 Å². The van der Waals surface area contributed by atoms with E-state index in [-0.39, 0.29) is 0 Å². The van der Waals surface area contributed by atoms with Crippen LogP contribution in [0.5, 0.6) is 11.5 Å². The van der Waals surface area contributed by atoms with Gasteiger partial charge in [-0.15, -0.1) is 0 Å². The highest BCUT2D eigenvalue weighted by molar-refractivity contribution is 6.58. The molecule has 10 rings (SSSR count). The van der Waals surface area contributed by atoms with Crippen LogP contribution in [0.25, 0.3) is 60.7 Å². The number of allylic oxidation sites excluding steroid dienone is 3. The molecular formula is C57H59BN2O4. The molecule has 0 radical (unpaired) electrons. The summed E-state index contributed by atoms with van der Waals surface area (Å²) in [5.41, 5.74) is 12.3. The van der Waals surface area contributed by atoms with Gasteiger partial charge in [0.15, 0.2) is 12.0 Å². The van der Waals surface area contributed by atoms with E-state index < -0.39 is 6.96 Å². The number of aromatic nitrogens is 1. The van der Waals surface area contributed by atoms with Crippen molar-refractivity contribution in [1.82, 2.24) is 4.98 Å². The maximum atomic E-state index is 7.52. The molecule has 0 saturated carbocycles. The molecule has 7 aromatic rings. The molecular weight excluding hydrogens is 787 g/mol. The number of hydrogen-bond acceptors (Lipinski definition) is 4. The summed E-state index contributed by atoms with van der Waals surface area (Å²) in [6, 6.07) is 42.3. The van der Waals surface area contributed by atoms with Crippen molar-refractivity contribution >= 4 is 40.5 Å². The van der Waals surface area contributed by atoms with Gasteiger partial charge in [-0.05, 0) is 81.6 Å². The molecule has 0 bridgehead atoms. The number of aryl methyl sites for hydroxylation is 1. The molecule has 0 amide bonds. The van der Waals surface area contributed by atoms with Gasteiger partial charge >= 0.3 is 6.96 Å². The molecule has 1 aromatic heterocycles. The molecule has 0 fully saturated rings. The fourth-order valence-electron chi connectivity index (χ4n) is 9.62. The third kappa shape index (κ3) is 7.82. The first-order chi connectivity index (χ1) is 31.4. The Labute approximate surface area is 378 Å². The van der Waals surface area contributed by atoms with Gasteiger partial charge in [-0.1, -0.05) is 176 Å². The zero-order chi connectivity index (χ0) is 44.2. The van der Waals surface area contributed by atoms with Crippen molar-refractivity contribution in [3.05, 3.63) is 173 Å².